The van der Waals surface area contributed by atoms with Crippen molar-refractivity contribution in [3.63, 3.8) is 0 Å². The normalized spacial score (nSPS) is 11.8. The lowest BCUT2D eigenvalue weighted by atomic mass is 9.93. The molecule has 0 unspecified atom stereocenters. The fraction of sp³-hybridized carbons (Fsp3) is 0. The third kappa shape index (κ3) is 4.07. The maximum absolute atomic E-state index is 2.53. The van der Waals surface area contributed by atoms with E-state index in [1.807, 2.05) is 22.7 Å². The molecule has 0 aliphatic heterocycles. The van der Waals surface area contributed by atoms with Gasteiger partial charge in [0, 0.05) is 36.3 Å². The Morgan fingerprint density at radius 2 is 0.766 bits per heavy atom. The maximum atomic E-state index is 2.53. The van der Waals surface area contributed by atoms with Crippen LogP contribution in [0.4, 0.5) is 17.1 Å². The predicted octanol–water partition coefficient (Wildman–Crippen LogP) is 13.9. The van der Waals surface area contributed by atoms with Crippen molar-refractivity contribution in [2.45, 2.75) is 0 Å². The van der Waals surface area contributed by atoms with Crippen LogP contribution in [-0.4, -0.2) is 0 Å². The zero-order valence-corrected chi connectivity index (χ0v) is 27.0. The number of benzene rings is 8. The van der Waals surface area contributed by atoms with Crippen molar-refractivity contribution in [2.24, 2.45) is 0 Å². The first-order valence-corrected chi connectivity index (χ1v) is 17.6. The van der Waals surface area contributed by atoms with Crippen LogP contribution >= 0.6 is 22.7 Å². The molecule has 47 heavy (non-hydrogen) atoms. The molecule has 0 saturated heterocycles. The molecule has 8 aromatic carbocycles. The van der Waals surface area contributed by atoms with Crippen LogP contribution in [0.25, 0.3) is 73.0 Å². The Hall–Kier alpha value is -5.48. The van der Waals surface area contributed by atoms with Crippen molar-refractivity contribution in [1.82, 2.24) is 0 Å². The molecule has 0 N–H and O–H groups in total. The molecule has 2 aromatic heterocycles. The highest BCUT2D eigenvalue weighted by molar-refractivity contribution is 7.27. The van der Waals surface area contributed by atoms with Gasteiger partial charge in [-0.15, -0.1) is 22.7 Å². The van der Waals surface area contributed by atoms with Gasteiger partial charge >= 0.3 is 0 Å². The van der Waals surface area contributed by atoms with Crippen LogP contribution in [-0.2, 0) is 0 Å². The minimum atomic E-state index is 1.18. The van der Waals surface area contributed by atoms with Gasteiger partial charge in [0.25, 0.3) is 0 Å². The molecule has 0 bridgehead atoms. The first kappa shape index (κ1) is 26.7. The number of hydrogen-bond donors (Lipinski definition) is 0. The van der Waals surface area contributed by atoms with Gasteiger partial charge in [0.2, 0.25) is 0 Å². The van der Waals surface area contributed by atoms with Gasteiger partial charge in [-0.2, -0.15) is 0 Å². The van der Waals surface area contributed by atoms with Gasteiger partial charge in [0.1, 0.15) is 0 Å². The van der Waals surface area contributed by atoms with E-state index >= 15 is 0 Å². The summed E-state index contributed by atoms with van der Waals surface area (Å²) in [6, 6.07) is 60.1. The summed E-state index contributed by atoms with van der Waals surface area (Å²) in [6.45, 7) is 0. The lowest BCUT2D eigenvalue weighted by molar-refractivity contribution is 1.34. The van der Waals surface area contributed by atoms with Crippen molar-refractivity contribution in [3.8, 4) is 11.1 Å². The molecule has 1 nitrogen and oxygen atoms in total. The highest BCUT2D eigenvalue weighted by Crippen LogP contribution is 2.50. The SMILES string of the molecule is c1ccc2c(-c3ccc(N(c4cccc5c4sc4ccccc45)c4cccc5c4sc4ccccc45)c4ccccc34)cccc2c1. The second-order valence-electron chi connectivity index (χ2n) is 12.0. The second-order valence-corrected chi connectivity index (χ2v) is 14.1. The van der Waals surface area contributed by atoms with Crippen molar-refractivity contribution in [2.75, 3.05) is 4.90 Å². The summed E-state index contributed by atoms with van der Waals surface area (Å²) in [5.74, 6) is 0. The Labute approximate surface area is 280 Å². The van der Waals surface area contributed by atoms with Crippen molar-refractivity contribution >= 4 is 102 Å². The molecule has 0 spiro atoms. The topological polar surface area (TPSA) is 3.24 Å². The number of anilines is 3. The summed E-state index contributed by atoms with van der Waals surface area (Å²) < 4.78 is 5.22. The number of rotatable bonds is 4. The number of thiophene rings is 2. The minimum Gasteiger partial charge on any atom is -0.307 e. The fourth-order valence-electron chi connectivity index (χ4n) is 7.38. The largest absolute Gasteiger partial charge is 0.307 e. The fourth-order valence-corrected chi connectivity index (χ4v) is 9.79. The molecular weight excluding hydrogens is 607 g/mol. The van der Waals surface area contributed by atoms with E-state index in [0.717, 1.165) is 0 Å². The van der Waals surface area contributed by atoms with Crippen LogP contribution in [0.5, 0.6) is 0 Å². The molecule has 0 atom stereocenters. The maximum Gasteiger partial charge on any atom is 0.0641 e. The molecule has 10 rings (SSSR count). The molecule has 0 aliphatic rings. The van der Waals surface area contributed by atoms with Gasteiger partial charge in [-0.05, 0) is 57.6 Å². The summed E-state index contributed by atoms with van der Waals surface area (Å²) in [4.78, 5) is 2.53. The minimum absolute atomic E-state index is 1.18. The average molecular weight is 634 g/mol. The van der Waals surface area contributed by atoms with E-state index < -0.39 is 0 Å². The molecule has 0 aliphatic carbocycles. The highest BCUT2D eigenvalue weighted by Gasteiger charge is 2.23. The van der Waals surface area contributed by atoms with Crippen LogP contribution in [0, 0.1) is 0 Å². The zero-order chi connectivity index (χ0) is 30.9. The summed E-state index contributed by atoms with van der Waals surface area (Å²) in [6.07, 6.45) is 0. The van der Waals surface area contributed by atoms with Crippen molar-refractivity contribution in [1.29, 1.82) is 0 Å². The molecule has 220 valence electrons. The van der Waals surface area contributed by atoms with Crippen molar-refractivity contribution < 1.29 is 0 Å². The van der Waals surface area contributed by atoms with Gasteiger partial charge in [-0.1, -0.05) is 133 Å². The van der Waals surface area contributed by atoms with Crippen LogP contribution < -0.4 is 4.90 Å². The van der Waals surface area contributed by atoms with E-state index in [2.05, 4.69) is 169 Å². The Bertz CT molecular complexity index is 2700. The molecular formula is C44H27NS2. The second kappa shape index (κ2) is 10.5. The third-order valence-electron chi connectivity index (χ3n) is 9.47. The van der Waals surface area contributed by atoms with Crippen LogP contribution in [0.15, 0.2) is 164 Å². The molecule has 0 radical (unpaired) electrons. The van der Waals surface area contributed by atoms with Gasteiger partial charge in [-0.3, -0.25) is 0 Å². The lowest BCUT2D eigenvalue weighted by Gasteiger charge is -2.28. The first-order chi connectivity index (χ1) is 23.3. The first-order valence-electron chi connectivity index (χ1n) is 15.9. The van der Waals surface area contributed by atoms with E-state index in [4.69, 9.17) is 0 Å². The van der Waals surface area contributed by atoms with Crippen molar-refractivity contribution in [3.05, 3.63) is 164 Å². The van der Waals surface area contributed by atoms with Gasteiger partial charge in [0.05, 0.1) is 26.5 Å². The average Bonchev–Trinajstić information content (AvgIpc) is 3.71. The van der Waals surface area contributed by atoms with Gasteiger partial charge in [-0.25, -0.2) is 0 Å². The van der Waals surface area contributed by atoms with E-state index in [9.17, 15) is 0 Å². The molecule has 0 saturated carbocycles. The van der Waals surface area contributed by atoms with Crippen LogP contribution in [0.1, 0.15) is 0 Å². The van der Waals surface area contributed by atoms with E-state index in [0.29, 0.717) is 0 Å². The number of fused-ring (bicyclic) bond motifs is 8. The number of nitrogens with zero attached hydrogens (tertiary/aromatic N) is 1. The summed E-state index contributed by atoms with van der Waals surface area (Å²) in [5.41, 5.74) is 6.10. The van der Waals surface area contributed by atoms with Crippen LogP contribution in [0.3, 0.4) is 0 Å². The monoisotopic (exact) mass is 633 g/mol. The summed E-state index contributed by atoms with van der Waals surface area (Å²) in [7, 11) is 0. The van der Waals surface area contributed by atoms with Gasteiger partial charge in [0.15, 0.2) is 0 Å². The highest BCUT2D eigenvalue weighted by atomic mass is 32.1. The molecule has 3 heteroatoms. The smallest absolute Gasteiger partial charge is 0.0641 e. The summed E-state index contributed by atoms with van der Waals surface area (Å²) >= 11 is 3.77. The third-order valence-corrected chi connectivity index (χ3v) is 11.9. The standard InChI is InChI=1S/C44H27NS2/c1-2-14-29-28(12-1)13-9-19-30(29)32-26-27-38(33-16-4-3-15-31(32)33)45(39-22-10-20-36-34-17-5-7-24-41(34)46-43(36)39)40-23-11-21-37-35-18-6-8-25-42(35)47-44(37)40/h1-27H. The Balaban J connectivity index is 1.31. The number of hydrogen-bond acceptors (Lipinski definition) is 3. The lowest BCUT2D eigenvalue weighted by Crippen LogP contribution is -2.11. The molecule has 0 amide bonds. The van der Waals surface area contributed by atoms with E-state index in [1.54, 1.807) is 0 Å². The zero-order valence-electron chi connectivity index (χ0n) is 25.4. The molecule has 2 heterocycles. The van der Waals surface area contributed by atoms with Gasteiger partial charge < -0.3 is 4.90 Å². The molecule has 10 aromatic rings. The van der Waals surface area contributed by atoms with E-state index in [1.165, 1.54) is 90.1 Å². The Morgan fingerprint density at radius 3 is 1.43 bits per heavy atom. The van der Waals surface area contributed by atoms with Crippen LogP contribution in [0.2, 0.25) is 0 Å². The summed E-state index contributed by atoms with van der Waals surface area (Å²) in [5, 5.41) is 10.2. The Kier molecular flexibility index (Phi) is 5.98. The quantitative estimate of drug-likeness (QED) is 0.186. The predicted molar refractivity (Wildman–Crippen MR) is 207 cm³/mol. The Morgan fingerprint density at radius 1 is 0.298 bits per heavy atom. The van der Waals surface area contributed by atoms with E-state index in [-0.39, 0.29) is 0 Å². The molecule has 0 fully saturated rings.